The fraction of sp³-hybridized carbons (Fsp3) is 0.0909. The summed E-state index contributed by atoms with van der Waals surface area (Å²) >= 11 is 3.25. The number of nitrogens with one attached hydrogen (secondary N) is 1. The number of hydrogen-bond donors (Lipinski definition) is 2. The van der Waals surface area contributed by atoms with E-state index in [9.17, 15) is 9.90 Å². The molecule has 17 heavy (non-hydrogen) atoms. The number of carbonyl (C=O) groups excluding carboxylic acids is 1. The highest BCUT2D eigenvalue weighted by Gasteiger charge is 2.15. The van der Waals surface area contributed by atoms with Gasteiger partial charge in [-0.3, -0.25) is 9.48 Å². The van der Waals surface area contributed by atoms with E-state index in [4.69, 9.17) is 0 Å². The third kappa shape index (κ3) is 2.47. The minimum Gasteiger partial charge on any atom is -0.508 e. The van der Waals surface area contributed by atoms with Gasteiger partial charge in [-0.15, -0.1) is 0 Å². The third-order valence-electron chi connectivity index (χ3n) is 2.21. The lowest BCUT2D eigenvalue weighted by Crippen LogP contribution is -2.16. The summed E-state index contributed by atoms with van der Waals surface area (Å²) in [6, 6.07) is 6.36. The molecule has 0 bridgehead atoms. The monoisotopic (exact) mass is 295 g/mol. The van der Waals surface area contributed by atoms with Crippen molar-refractivity contribution in [1.29, 1.82) is 0 Å². The van der Waals surface area contributed by atoms with E-state index >= 15 is 0 Å². The highest BCUT2D eigenvalue weighted by atomic mass is 79.9. The number of aryl methyl sites for hydroxylation is 1. The lowest BCUT2D eigenvalue weighted by molar-refractivity contribution is 0.101. The molecule has 0 fully saturated rings. The lowest BCUT2D eigenvalue weighted by atomic mass is 10.3. The highest BCUT2D eigenvalue weighted by molar-refractivity contribution is 9.10. The Bertz CT molecular complexity index is 546. The van der Waals surface area contributed by atoms with Crippen molar-refractivity contribution in [3.8, 4) is 5.75 Å². The van der Waals surface area contributed by atoms with Gasteiger partial charge in [0.25, 0.3) is 5.91 Å². The molecular formula is C11H10BrN3O2. The van der Waals surface area contributed by atoms with Crippen LogP contribution in [-0.4, -0.2) is 20.8 Å². The van der Waals surface area contributed by atoms with Gasteiger partial charge in [-0.2, -0.15) is 5.10 Å². The van der Waals surface area contributed by atoms with Gasteiger partial charge in [0.1, 0.15) is 11.4 Å². The molecule has 0 saturated carbocycles. The Labute approximate surface area is 106 Å². The number of benzene rings is 1. The number of hydrogen-bond acceptors (Lipinski definition) is 3. The van der Waals surface area contributed by atoms with Crippen LogP contribution in [0.25, 0.3) is 0 Å². The summed E-state index contributed by atoms with van der Waals surface area (Å²) in [4.78, 5) is 11.9. The van der Waals surface area contributed by atoms with Crippen LogP contribution < -0.4 is 5.32 Å². The second-order valence-electron chi connectivity index (χ2n) is 3.47. The van der Waals surface area contributed by atoms with E-state index in [2.05, 4.69) is 26.3 Å². The first-order valence-corrected chi connectivity index (χ1v) is 5.65. The van der Waals surface area contributed by atoms with E-state index in [1.807, 2.05) is 0 Å². The Balaban J connectivity index is 2.23. The first-order valence-electron chi connectivity index (χ1n) is 4.86. The van der Waals surface area contributed by atoms with Crippen LogP contribution in [0.15, 0.2) is 34.9 Å². The van der Waals surface area contributed by atoms with Crippen molar-refractivity contribution in [1.82, 2.24) is 9.78 Å². The second-order valence-corrected chi connectivity index (χ2v) is 4.32. The van der Waals surface area contributed by atoms with Gasteiger partial charge in [0.2, 0.25) is 0 Å². The molecule has 2 N–H and O–H groups in total. The SMILES string of the molecule is Cn1ncc(Br)c1C(=O)Nc1cccc(O)c1. The molecule has 2 rings (SSSR count). The summed E-state index contributed by atoms with van der Waals surface area (Å²) in [6.07, 6.45) is 1.55. The largest absolute Gasteiger partial charge is 0.508 e. The number of amides is 1. The number of anilines is 1. The summed E-state index contributed by atoms with van der Waals surface area (Å²) < 4.78 is 2.10. The molecular weight excluding hydrogens is 286 g/mol. The molecule has 1 amide bonds. The Morgan fingerprint density at radius 3 is 2.88 bits per heavy atom. The van der Waals surface area contributed by atoms with Gasteiger partial charge in [0, 0.05) is 18.8 Å². The van der Waals surface area contributed by atoms with Crippen LogP contribution in [0.1, 0.15) is 10.5 Å². The number of phenols is 1. The van der Waals surface area contributed by atoms with Gasteiger partial charge in [0.05, 0.1) is 10.7 Å². The maximum absolute atomic E-state index is 11.9. The van der Waals surface area contributed by atoms with Crippen molar-refractivity contribution >= 4 is 27.5 Å². The topological polar surface area (TPSA) is 67.2 Å². The smallest absolute Gasteiger partial charge is 0.275 e. The number of phenolic OH excluding ortho intramolecular Hbond substituents is 1. The number of carbonyl (C=O) groups is 1. The van der Waals surface area contributed by atoms with Crippen molar-refractivity contribution in [2.45, 2.75) is 0 Å². The fourth-order valence-corrected chi connectivity index (χ4v) is 1.97. The normalized spacial score (nSPS) is 10.2. The molecule has 2 aromatic rings. The standard InChI is InChI=1S/C11H10BrN3O2/c1-15-10(9(12)6-13-15)11(17)14-7-3-2-4-8(16)5-7/h2-6,16H,1H3,(H,14,17). The van der Waals surface area contributed by atoms with Crippen molar-refractivity contribution < 1.29 is 9.90 Å². The first kappa shape index (κ1) is 11.7. The summed E-state index contributed by atoms with van der Waals surface area (Å²) in [6.45, 7) is 0. The van der Waals surface area contributed by atoms with Gasteiger partial charge < -0.3 is 10.4 Å². The van der Waals surface area contributed by atoms with Crippen molar-refractivity contribution in [3.63, 3.8) is 0 Å². The van der Waals surface area contributed by atoms with Crippen molar-refractivity contribution in [2.24, 2.45) is 7.05 Å². The zero-order chi connectivity index (χ0) is 12.4. The predicted molar refractivity (Wildman–Crippen MR) is 67.0 cm³/mol. The Kier molecular flexibility index (Phi) is 3.14. The molecule has 1 aromatic heterocycles. The summed E-state index contributed by atoms with van der Waals surface area (Å²) in [5.41, 5.74) is 0.955. The molecule has 1 aromatic carbocycles. The zero-order valence-electron chi connectivity index (χ0n) is 9.01. The Morgan fingerprint density at radius 1 is 1.53 bits per heavy atom. The van der Waals surface area contributed by atoms with Gasteiger partial charge in [-0.25, -0.2) is 0 Å². The third-order valence-corrected chi connectivity index (χ3v) is 2.79. The average Bonchev–Trinajstić information content (AvgIpc) is 2.58. The van der Waals surface area contributed by atoms with E-state index in [0.29, 0.717) is 15.9 Å². The van der Waals surface area contributed by atoms with E-state index in [-0.39, 0.29) is 11.7 Å². The average molecular weight is 296 g/mol. The predicted octanol–water partition coefficient (Wildman–Crippen LogP) is 2.14. The second kappa shape index (κ2) is 4.58. The summed E-state index contributed by atoms with van der Waals surface area (Å²) in [5.74, 6) is -0.186. The van der Waals surface area contributed by atoms with Crippen LogP contribution in [0.2, 0.25) is 0 Å². The van der Waals surface area contributed by atoms with Crippen LogP contribution in [0.4, 0.5) is 5.69 Å². The minimum absolute atomic E-state index is 0.104. The van der Waals surface area contributed by atoms with E-state index in [1.165, 1.54) is 16.8 Å². The fourth-order valence-electron chi connectivity index (χ4n) is 1.44. The van der Waals surface area contributed by atoms with Crippen LogP contribution in [-0.2, 0) is 7.05 Å². The molecule has 88 valence electrons. The van der Waals surface area contributed by atoms with Crippen LogP contribution >= 0.6 is 15.9 Å². The van der Waals surface area contributed by atoms with E-state index in [1.54, 1.807) is 25.4 Å². The molecule has 0 saturated heterocycles. The summed E-state index contributed by atoms with van der Waals surface area (Å²) in [7, 11) is 1.68. The maximum atomic E-state index is 11.9. The van der Waals surface area contributed by atoms with E-state index < -0.39 is 0 Å². The molecule has 5 nitrogen and oxygen atoms in total. The number of rotatable bonds is 2. The quantitative estimate of drug-likeness (QED) is 0.892. The summed E-state index contributed by atoms with van der Waals surface area (Å²) in [5, 5.41) is 15.9. The van der Waals surface area contributed by atoms with Gasteiger partial charge in [0.15, 0.2) is 0 Å². The Morgan fingerprint density at radius 2 is 2.29 bits per heavy atom. The number of nitrogens with zero attached hydrogens (tertiary/aromatic N) is 2. The molecule has 0 aliphatic carbocycles. The van der Waals surface area contributed by atoms with E-state index in [0.717, 1.165) is 0 Å². The number of aromatic hydroxyl groups is 1. The molecule has 0 aliphatic heterocycles. The molecule has 0 aliphatic rings. The first-order chi connectivity index (χ1) is 8.08. The van der Waals surface area contributed by atoms with Crippen LogP contribution in [0.3, 0.4) is 0 Å². The van der Waals surface area contributed by atoms with Crippen LogP contribution in [0.5, 0.6) is 5.75 Å². The molecule has 0 spiro atoms. The van der Waals surface area contributed by atoms with Crippen molar-refractivity contribution in [3.05, 3.63) is 40.6 Å². The zero-order valence-corrected chi connectivity index (χ0v) is 10.6. The molecule has 6 heteroatoms. The molecule has 0 atom stereocenters. The van der Waals surface area contributed by atoms with Crippen molar-refractivity contribution in [2.75, 3.05) is 5.32 Å². The Hall–Kier alpha value is -1.82. The van der Waals surface area contributed by atoms with Gasteiger partial charge in [-0.05, 0) is 28.1 Å². The van der Waals surface area contributed by atoms with Gasteiger partial charge >= 0.3 is 0 Å². The number of halogens is 1. The molecule has 1 heterocycles. The maximum Gasteiger partial charge on any atom is 0.275 e. The number of aromatic nitrogens is 2. The minimum atomic E-state index is -0.289. The lowest BCUT2D eigenvalue weighted by Gasteiger charge is -2.06. The highest BCUT2D eigenvalue weighted by Crippen LogP contribution is 2.19. The molecule has 0 unspecified atom stereocenters. The van der Waals surface area contributed by atoms with Gasteiger partial charge in [-0.1, -0.05) is 6.07 Å². The van der Waals surface area contributed by atoms with Crippen LogP contribution in [0, 0.1) is 0 Å². The molecule has 0 radical (unpaired) electrons.